The number of rotatable bonds is 3. The molecule has 1 unspecified atom stereocenters. The molecule has 3 rings (SSSR count). The van der Waals surface area contributed by atoms with Crippen LogP contribution < -0.4 is 15.5 Å². The van der Waals surface area contributed by atoms with E-state index >= 15 is 0 Å². The molecule has 19 heavy (non-hydrogen) atoms. The molecule has 1 aromatic rings. The lowest BCUT2D eigenvalue weighted by Gasteiger charge is -2.28. The predicted molar refractivity (Wildman–Crippen MR) is 77.7 cm³/mol. The maximum atomic E-state index is 4.59. The van der Waals surface area contributed by atoms with Crippen molar-refractivity contribution < 1.29 is 0 Å². The van der Waals surface area contributed by atoms with Crippen molar-refractivity contribution in [1.29, 1.82) is 0 Å². The molecule has 0 aromatic carbocycles. The van der Waals surface area contributed by atoms with Gasteiger partial charge in [-0.2, -0.15) is 0 Å². The summed E-state index contributed by atoms with van der Waals surface area (Å²) in [5.41, 5.74) is 0. The molecule has 0 radical (unpaired) electrons. The number of hydrogen-bond acceptors (Lipinski definition) is 5. The van der Waals surface area contributed by atoms with Crippen molar-refractivity contribution in [2.45, 2.75) is 38.6 Å². The van der Waals surface area contributed by atoms with Gasteiger partial charge in [-0.3, -0.25) is 0 Å². The Balaban J connectivity index is 1.74. The molecular weight excluding hydrogens is 238 g/mol. The Labute approximate surface area is 114 Å². The minimum absolute atomic E-state index is 0.503. The summed E-state index contributed by atoms with van der Waals surface area (Å²) in [6, 6.07) is 2.61. The molecule has 2 N–H and O–H groups in total. The second-order valence-electron chi connectivity index (χ2n) is 5.54. The number of piperidine rings is 1. The van der Waals surface area contributed by atoms with Crippen LogP contribution in [-0.4, -0.2) is 42.2 Å². The van der Waals surface area contributed by atoms with Gasteiger partial charge in [0.25, 0.3) is 0 Å². The molecule has 1 atom stereocenters. The Morgan fingerprint density at radius 2 is 2.11 bits per heavy atom. The quantitative estimate of drug-likeness (QED) is 0.864. The Morgan fingerprint density at radius 3 is 2.84 bits per heavy atom. The third-order valence-corrected chi connectivity index (χ3v) is 3.92. The van der Waals surface area contributed by atoms with Crippen molar-refractivity contribution in [3.05, 3.63) is 11.9 Å². The second-order valence-corrected chi connectivity index (χ2v) is 5.54. The van der Waals surface area contributed by atoms with Gasteiger partial charge < -0.3 is 15.5 Å². The van der Waals surface area contributed by atoms with Crippen LogP contribution in [0.25, 0.3) is 0 Å². The van der Waals surface area contributed by atoms with E-state index in [9.17, 15) is 0 Å². The largest absolute Gasteiger partial charge is 0.366 e. The zero-order chi connectivity index (χ0) is 13.1. The van der Waals surface area contributed by atoms with Crippen molar-refractivity contribution >= 4 is 11.6 Å². The van der Waals surface area contributed by atoms with E-state index in [1.54, 1.807) is 0 Å². The van der Waals surface area contributed by atoms with Gasteiger partial charge in [0.2, 0.25) is 0 Å². The summed E-state index contributed by atoms with van der Waals surface area (Å²) in [5.74, 6) is 2.92. The fraction of sp³-hybridized carbons (Fsp3) is 0.714. The van der Waals surface area contributed by atoms with Crippen molar-refractivity contribution in [1.82, 2.24) is 15.3 Å². The molecule has 3 heterocycles. The van der Waals surface area contributed by atoms with Crippen molar-refractivity contribution in [3.8, 4) is 0 Å². The molecule has 0 saturated carbocycles. The molecule has 104 valence electrons. The summed E-state index contributed by atoms with van der Waals surface area (Å²) < 4.78 is 0. The highest BCUT2D eigenvalue weighted by atomic mass is 15.2. The zero-order valence-corrected chi connectivity index (χ0v) is 11.7. The topological polar surface area (TPSA) is 53.1 Å². The maximum absolute atomic E-state index is 4.59. The second kappa shape index (κ2) is 5.74. The molecule has 2 fully saturated rings. The summed E-state index contributed by atoms with van der Waals surface area (Å²) >= 11 is 0. The molecule has 0 bridgehead atoms. The van der Waals surface area contributed by atoms with Gasteiger partial charge in [-0.1, -0.05) is 0 Å². The van der Waals surface area contributed by atoms with Gasteiger partial charge in [0.1, 0.15) is 17.5 Å². The van der Waals surface area contributed by atoms with E-state index in [1.807, 2.05) is 6.92 Å². The van der Waals surface area contributed by atoms with E-state index in [0.29, 0.717) is 6.04 Å². The number of aryl methyl sites for hydroxylation is 1. The van der Waals surface area contributed by atoms with Crippen molar-refractivity contribution in [2.75, 3.05) is 36.4 Å². The van der Waals surface area contributed by atoms with Gasteiger partial charge in [-0.05, 0) is 39.2 Å². The van der Waals surface area contributed by atoms with E-state index in [0.717, 1.165) is 43.6 Å². The van der Waals surface area contributed by atoms with Gasteiger partial charge in [-0.15, -0.1) is 0 Å². The first-order valence-corrected chi connectivity index (χ1v) is 7.39. The van der Waals surface area contributed by atoms with Crippen molar-refractivity contribution in [3.63, 3.8) is 0 Å². The lowest BCUT2D eigenvalue weighted by atomic mass is 10.1. The summed E-state index contributed by atoms with van der Waals surface area (Å²) in [5, 5.41) is 6.89. The van der Waals surface area contributed by atoms with E-state index in [2.05, 4.69) is 31.6 Å². The summed E-state index contributed by atoms with van der Waals surface area (Å²) in [4.78, 5) is 11.5. The Morgan fingerprint density at radius 1 is 1.26 bits per heavy atom. The Bertz CT molecular complexity index is 422. The van der Waals surface area contributed by atoms with Crippen LogP contribution in [0.2, 0.25) is 0 Å². The summed E-state index contributed by atoms with van der Waals surface area (Å²) in [6.45, 7) is 6.36. The minimum atomic E-state index is 0.503. The monoisotopic (exact) mass is 261 g/mol. The minimum Gasteiger partial charge on any atom is -0.366 e. The van der Waals surface area contributed by atoms with Crippen LogP contribution in [0, 0.1) is 6.92 Å². The smallest absolute Gasteiger partial charge is 0.134 e. The number of nitrogens with one attached hydrogen (secondary N) is 2. The third kappa shape index (κ3) is 3.15. The lowest BCUT2D eigenvalue weighted by Crippen LogP contribution is -2.31. The number of aromatic nitrogens is 2. The van der Waals surface area contributed by atoms with E-state index in [4.69, 9.17) is 0 Å². The standard InChI is InChI=1S/C14H23N5/c1-11-16-13(18-12-5-6-15-10-12)9-14(17-11)19-7-3-2-4-8-19/h9,12,15H,2-8,10H2,1H3,(H,16,17,18). The first-order valence-electron chi connectivity index (χ1n) is 7.39. The van der Waals surface area contributed by atoms with Gasteiger partial charge in [0, 0.05) is 31.7 Å². The first-order chi connectivity index (χ1) is 9.31. The molecule has 5 heteroatoms. The molecule has 2 aliphatic heterocycles. The van der Waals surface area contributed by atoms with Crippen molar-refractivity contribution in [2.24, 2.45) is 0 Å². The van der Waals surface area contributed by atoms with Crippen LogP contribution in [0.15, 0.2) is 6.07 Å². The van der Waals surface area contributed by atoms with Gasteiger partial charge in [-0.25, -0.2) is 9.97 Å². The Kier molecular flexibility index (Phi) is 3.82. The average Bonchev–Trinajstić information content (AvgIpc) is 2.92. The Hall–Kier alpha value is -1.36. The molecule has 0 aliphatic carbocycles. The van der Waals surface area contributed by atoms with E-state index < -0.39 is 0 Å². The molecule has 1 aromatic heterocycles. The molecular formula is C14H23N5. The highest BCUT2D eigenvalue weighted by Crippen LogP contribution is 2.21. The van der Waals surface area contributed by atoms with E-state index in [-0.39, 0.29) is 0 Å². The highest BCUT2D eigenvalue weighted by molar-refractivity contribution is 5.50. The van der Waals surface area contributed by atoms with Gasteiger partial charge in [0.15, 0.2) is 0 Å². The van der Waals surface area contributed by atoms with Crippen LogP contribution in [0.5, 0.6) is 0 Å². The number of nitrogens with zero attached hydrogens (tertiary/aromatic N) is 3. The fourth-order valence-electron chi connectivity index (χ4n) is 2.90. The first kappa shape index (κ1) is 12.7. The molecule has 2 saturated heterocycles. The van der Waals surface area contributed by atoms with Crippen LogP contribution in [0.4, 0.5) is 11.6 Å². The van der Waals surface area contributed by atoms with E-state index in [1.165, 1.54) is 25.7 Å². The molecule has 5 nitrogen and oxygen atoms in total. The molecule has 0 spiro atoms. The van der Waals surface area contributed by atoms with Crippen LogP contribution in [0.3, 0.4) is 0 Å². The third-order valence-electron chi connectivity index (χ3n) is 3.92. The average molecular weight is 261 g/mol. The van der Waals surface area contributed by atoms with Crippen LogP contribution in [0.1, 0.15) is 31.5 Å². The number of anilines is 2. The van der Waals surface area contributed by atoms with Gasteiger partial charge in [0.05, 0.1) is 0 Å². The summed E-state index contributed by atoms with van der Waals surface area (Å²) in [7, 11) is 0. The molecule has 2 aliphatic rings. The van der Waals surface area contributed by atoms with Crippen LogP contribution >= 0.6 is 0 Å². The fourth-order valence-corrected chi connectivity index (χ4v) is 2.90. The van der Waals surface area contributed by atoms with Gasteiger partial charge >= 0.3 is 0 Å². The van der Waals surface area contributed by atoms with Crippen LogP contribution in [-0.2, 0) is 0 Å². The molecule has 0 amide bonds. The number of hydrogen-bond donors (Lipinski definition) is 2. The lowest BCUT2D eigenvalue weighted by molar-refractivity contribution is 0.572. The maximum Gasteiger partial charge on any atom is 0.134 e. The normalized spacial score (nSPS) is 23.6. The SMILES string of the molecule is Cc1nc(NC2CCNC2)cc(N2CCCCC2)n1. The predicted octanol–water partition coefficient (Wildman–Crippen LogP) is 1.55. The summed E-state index contributed by atoms with van der Waals surface area (Å²) in [6.07, 6.45) is 5.07. The zero-order valence-electron chi connectivity index (χ0n) is 11.7. The highest BCUT2D eigenvalue weighted by Gasteiger charge is 2.17.